The topological polar surface area (TPSA) is 76.7 Å². The zero-order valence-corrected chi connectivity index (χ0v) is 18.6. The molecule has 0 saturated carbocycles. The second-order valence-corrected chi connectivity index (χ2v) is 7.42. The van der Waals surface area contributed by atoms with Gasteiger partial charge in [0.15, 0.2) is 0 Å². The van der Waals surface area contributed by atoms with Crippen LogP contribution in [0.2, 0.25) is 0 Å². The minimum absolute atomic E-state index is 0.157. The molecule has 0 aliphatic heterocycles. The number of methoxy groups -OCH3 is 2. The van der Waals surface area contributed by atoms with Crippen molar-refractivity contribution in [3.8, 4) is 11.5 Å². The van der Waals surface area contributed by atoms with Crippen LogP contribution in [-0.2, 0) is 11.2 Å². The van der Waals surface area contributed by atoms with Crippen LogP contribution in [0.1, 0.15) is 40.9 Å². The van der Waals surface area contributed by atoms with Crippen molar-refractivity contribution in [1.82, 2.24) is 5.32 Å². The normalized spacial score (nSPS) is 11.3. The summed E-state index contributed by atoms with van der Waals surface area (Å²) in [5.74, 6) is 0.932. The van der Waals surface area contributed by atoms with E-state index in [9.17, 15) is 9.59 Å². The van der Waals surface area contributed by atoms with E-state index < -0.39 is 0 Å². The molecule has 0 aliphatic carbocycles. The smallest absolute Gasteiger partial charge is 0.253 e. The first kappa shape index (κ1) is 22.9. The molecule has 0 saturated heterocycles. The van der Waals surface area contributed by atoms with Crippen molar-refractivity contribution in [3.05, 3.63) is 89.5 Å². The van der Waals surface area contributed by atoms with Crippen LogP contribution in [0.25, 0.3) is 0 Å². The van der Waals surface area contributed by atoms with Gasteiger partial charge in [-0.1, -0.05) is 42.5 Å². The van der Waals surface area contributed by atoms with Gasteiger partial charge >= 0.3 is 0 Å². The van der Waals surface area contributed by atoms with E-state index >= 15 is 0 Å². The fourth-order valence-electron chi connectivity index (χ4n) is 3.37. The molecule has 3 rings (SSSR count). The first-order valence-electron chi connectivity index (χ1n) is 10.5. The first-order valence-corrected chi connectivity index (χ1v) is 10.5. The van der Waals surface area contributed by atoms with Crippen LogP contribution in [0.15, 0.2) is 72.8 Å². The molecule has 0 bridgehead atoms. The van der Waals surface area contributed by atoms with Gasteiger partial charge in [-0.15, -0.1) is 0 Å². The summed E-state index contributed by atoms with van der Waals surface area (Å²) in [5, 5.41) is 5.86. The maximum absolute atomic E-state index is 12.9. The van der Waals surface area contributed by atoms with E-state index in [1.807, 2.05) is 49.4 Å². The molecule has 1 atom stereocenters. The molecule has 2 amide bonds. The third kappa shape index (κ3) is 6.11. The van der Waals surface area contributed by atoms with Gasteiger partial charge in [-0.3, -0.25) is 9.59 Å². The summed E-state index contributed by atoms with van der Waals surface area (Å²) < 4.78 is 10.6. The zero-order chi connectivity index (χ0) is 22.9. The third-order valence-electron chi connectivity index (χ3n) is 5.14. The first-order chi connectivity index (χ1) is 15.5. The van der Waals surface area contributed by atoms with Crippen LogP contribution >= 0.6 is 0 Å². The molecule has 0 aromatic heterocycles. The average Bonchev–Trinajstić information content (AvgIpc) is 2.83. The number of rotatable bonds is 9. The number of hydrogen-bond acceptors (Lipinski definition) is 4. The molecule has 166 valence electrons. The lowest BCUT2D eigenvalue weighted by atomic mass is 10.1. The molecule has 0 heterocycles. The van der Waals surface area contributed by atoms with Crippen LogP contribution < -0.4 is 20.1 Å². The highest BCUT2D eigenvalue weighted by Gasteiger charge is 2.16. The van der Waals surface area contributed by atoms with Gasteiger partial charge < -0.3 is 20.1 Å². The highest BCUT2D eigenvalue weighted by molar-refractivity contribution is 6.03. The van der Waals surface area contributed by atoms with Gasteiger partial charge in [0.2, 0.25) is 5.91 Å². The number of aryl methyl sites for hydroxylation is 1. The number of carbonyl (C=O) groups is 2. The largest absolute Gasteiger partial charge is 0.497 e. The number of ether oxygens (including phenoxy) is 2. The van der Waals surface area contributed by atoms with Crippen LogP contribution in [0.5, 0.6) is 11.5 Å². The van der Waals surface area contributed by atoms with E-state index in [1.165, 1.54) is 0 Å². The lowest BCUT2D eigenvalue weighted by Gasteiger charge is -2.16. The molecule has 0 fully saturated rings. The summed E-state index contributed by atoms with van der Waals surface area (Å²) in [6.07, 6.45) is 0.769. The van der Waals surface area contributed by atoms with E-state index in [2.05, 4.69) is 10.6 Å². The van der Waals surface area contributed by atoms with Gasteiger partial charge in [-0.25, -0.2) is 0 Å². The van der Waals surface area contributed by atoms with Crippen LogP contribution in [0.3, 0.4) is 0 Å². The summed E-state index contributed by atoms with van der Waals surface area (Å²) in [7, 11) is 3.18. The standard InChI is InChI=1S/C26H28N2O4/c1-18(20-9-5-4-6-10-20)27-26(30)23-11-7-8-12-24(23)28-25(29)14-13-19-15-21(31-2)17-22(16-19)32-3/h4-12,15-18H,13-14H2,1-3H3,(H,27,30)(H,28,29). The Bertz CT molecular complexity index is 1040. The second-order valence-electron chi connectivity index (χ2n) is 7.42. The van der Waals surface area contributed by atoms with Gasteiger partial charge in [0.05, 0.1) is 31.5 Å². The van der Waals surface area contributed by atoms with E-state index in [4.69, 9.17) is 9.47 Å². The van der Waals surface area contributed by atoms with Gasteiger partial charge in [-0.05, 0) is 48.7 Å². The van der Waals surface area contributed by atoms with E-state index in [1.54, 1.807) is 44.6 Å². The number of para-hydroxylation sites is 1. The predicted molar refractivity (Wildman–Crippen MR) is 125 cm³/mol. The second kappa shape index (κ2) is 11.0. The van der Waals surface area contributed by atoms with Crippen molar-refractivity contribution >= 4 is 17.5 Å². The van der Waals surface area contributed by atoms with Crippen molar-refractivity contribution in [2.45, 2.75) is 25.8 Å². The number of nitrogens with one attached hydrogen (secondary N) is 2. The Morgan fingerprint density at radius 1 is 0.875 bits per heavy atom. The highest BCUT2D eigenvalue weighted by Crippen LogP contribution is 2.24. The number of benzene rings is 3. The molecule has 1 unspecified atom stereocenters. The Balaban J connectivity index is 1.64. The molecule has 6 heteroatoms. The van der Waals surface area contributed by atoms with Crippen molar-refractivity contribution in [2.24, 2.45) is 0 Å². The quantitative estimate of drug-likeness (QED) is 0.511. The van der Waals surface area contributed by atoms with Crippen LogP contribution in [-0.4, -0.2) is 26.0 Å². The molecule has 32 heavy (non-hydrogen) atoms. The van der Waals surface area contributed by atoms with Crippen molar-refractivity contribution < 1.29 is 19.1 Å². The van der Waals surface area contributed by atoms with Crippen molar-refractivity contribution in [2.75, 3.05) is 19.5 Å². The monoisotopic (exact) mass is 432 g/mol. The Morgan fingerprint density at radius 3 is 2.16 bits per heavy atom. The number of anilines is 1. The van der Waals surface area contributed by atoms with Crippen LogP contribution in [0.4, 0.5) is 5.69 Å². The summed E-state index contributed by atoms with van der Waals surface area (Å²) in [6.45, 7) is 1.93. The van der Waals surface area contributed by atoms with Gasteiger partial charge in [0.1, 0.15) is 11.5 Å². The van der Waals surface area contributed by atoms with Crippen LogP contribution in [0, 0.1) is 0 Å². The minimum Gasteiger partial charge on any atom is -0.497 e. The summed E-state index contributed by atoms with van der Waals surface area (Å²) >= 11 is 0. The average molecular weight is 433 g/mol. The van der Waals surface area contributed by atoms with E-state index in [0.29, 0.717) is 29.2 Å². The Labute approximate surface area is 188 Å². The zero-order valence-electron chi connectivity index (χ0n) is 18.6. The van der Waals surface area contributed by atoms with Gasteiger partial charge in [0.25, 0.3) is 5.91 Å². The third-order valence-corrected chi connectivity index (χ3v) is 5.14. The maximum Gasteiger partial charge on any atom is 0.253 e. The molecule has 6 nitrogen and oxygen atoms in total. The maximum atomic E-state index is 12.9. The Kier molecular flexibility index (Phi) is 7.86. The number of amides is 2. The Hall–Kier alpha value is -3.80. The van der Waals surface area contributed by atoms with Gasteiger partial charge in [0, 0.05) is 12.5 Å². The highest BCUT2D eigenvalue weighted by atomic mass is 16.5. The summed E-state index contributed by atoms with van der Waals surface area (Å²) in [6, 6.07) is 22.1. The molecule has 3 aromatic carbocycles. The van der Waals surface area contributed by atoms with Crippen molar-refractivity contribution in [3.63, 3.8) is 0 Å². The summed E-state index contributed by atoms with van der Waals surface area (Å²) in [5.41, 5.74) is 2.85. The number of hydrogen-bond donors (Lipinski definition) is 2. The molecular formula is C26H28N2O4. The van der Waals surface area contributed by atoms with Gasteiger partial charge in [-0.2, -0.15) is 0 Å². The fraction of sp³-hybridized carbons (Fsp3) is 0.231. The minimum atomic E-state index is -0.241. The molecule has 3 aromatic rings. The lowest BCUT2D eigenvalue weighted by Crippen LogP contribution is -2.28. The van der Waals surface area contributed by atoms with Crippen molar-refractivity contribution in [1.29, 1.82) is 0 Å². The molecule has 0 spiro atoms. The fourth-order valence-corrected chi connectivity index (χ4v) is 3.37. The lowest BCUT2D eigenvalue weighted by molar-refractivity contribution is -0.116. The molecule has 2 N–H and O–H groups in total. The number of carbonyl (C=O) groups excluding carboxylic acids is 2. The molecule has 0 radical (unpaired) electrons. The summed E-state index contributed by atoms with van der Waals surface area (Å²) in [4.78, 5) is 25.5. The molecular weight excluding hydrogens is 404 g/mol. The Morgan fingerprint density at radius 2 is 1.50 bits per heavy atom. The molecule has 0 aliphatic rings. The van der Waals surface area contributed by atoms with E-state index in [-0.39, 0.29) is 24.3 Å². The van der Waals surface area contributed by atoms with E-state index in [0.717, 1.165) is 11.1 Å². The predicted octanol–water partition coefficient (Wildman–Crippen LogP) is 4.77. The SMILES string of the molecule is COc1cc(CCC(=O)Nc2ccccc2C(=O)NC(C)c2ccccc2)cc(OC)c1.